The number of benzene rings is 1. The average Bonchev–Trinajstić information content (AvgIpc) is 2.28. The van der Waals surface area contributed by atoms with Crippen molar-refractivity contribution >= 4 is 28.8 Å². The lowest BCUT2D eigenvalue weighted by Crippen LogP contribution is -1.99. The van der Waals surface area contributed by atoms with E-state index in [0.717, 1.165) is 28.2 Å². The highest BCUT2D eigenvalue weighted by atomic mass is 35.5. The van der Waals surface area contributed by atoms with Gasteiger partial charge in [0.1, 0.15) is 5.82 Å². The molecule has 0 aliphatic heterocycles. The third-order valence-corrected chi connectivity index (χ3v) is 3.13. The number of hydrogen-bond acceptors (Lipinski definition) is 3. The standard InChI is InChI=1S/C14H16ClN3/c1-8-4-10(3)14(11(15)5-8)18-13-6-9(2)12(16)7-17-13/h4-7H,16H2,1-3H3,(H,17,18). The molecule has 4 heteroatoms. The van der Waals surface area contributed by atoms with Crippen LogP contribution in [0.3, 0.4) is 0 Å². The highest BCUT2D eigenvalue weighted by molar-refractivity contribution is 6.33. The van der Waals surface area contributed by atoms with Gasteiger partial charge in [0.25, 0.3) is 0 Å². The van der Waals surface area contributed by atoms with Crippen LogP contribution in [0.4, 0.5) is 17.2 Å². The van der Waals surface area contributed by atoms with Crippen LogP contribution in [0.25, 0.3) is 0 Å². The van der Waals surface area contributed by atoms with Gasteiger partial charge < -0.3 is 11.1 Å². The van der Waals surface area contributed by atoms with E-state index in [4.69, 9.17) is 17.3 Å². The number of nitrogens with zero attached hydrogens (tertiary/aromatic N) is 1. The number of aromatic nitrogens is 1. The minimum absolute atomic E-state index is 0.687. The number of nitrogens with two attached hydrogens (primary N) is 1. The first-order chi connectivity index (χ1) is 8.47. The molecule has 0 amide bonds. The summed E-state index contributed by atoms with van der Waals surface area (Å²) in [5, 5.41) is 3.94. The summed E-state index contributed by atoms with van der Waals surface area (Å²) in [6.07, 6.45) is 1.65. The van der Waals surface area contributed by atoms with Gasteiger partial charge in [0, 0.05) is 0 Å². The van der Waals surface area contributed by atoms with Crippen LogP contribution in [-0.2, 0) is 0 Å². The van der Waals surface area contributed by atoms with Gasteiger partial charge in [-0.25, -0.2) is 4.98 Å². The van der Waals surface area contributed by atoms with Crippen molar-refractivity contribution in [2.75, 3.05) is 11.1 Å². The Bertz CT molecular complexity index is 571. The lowest BCUT2D eigenvalue weighted by Gasteiger charge is -2.12. The third-order valence-electron chi connectivity index (χ3n) is 2.84. The first kappa shape index (κ1) is 12.7. The van der Waals surface area contributed by atoms with Crippen LogP contribution in [0.15, 0.2) is 24.4 Å². The predicted molar refractivity (Wildman–Crippen MR) is 77.6 cm³/mol. The van der Waals surface area contributed by atoms with Crippen LogP contribution in [0.1, 0.15) is 16.7 Å². The molecule has 0 saturated carbocycles. The number of halogens is 1. The van der Waals surface area contributed by atoms with Gasteiger partial charge in [0.2, 0.25) is 0 Å². The molecule has 1 aromatic carbocycles. The van der Waals surface area contributed by atoms with Crippen molar-refractivity contribution in [3.63, 3.8) is 0 Å². The fourth-order valence-electron chi connectivity index (χ4n) is 1.84. The summed E-state index contributed by atoms with van der Waals surface area (Å²) in [7, 11) is 0. The fourth-order valence-corrected chi connectivity index (χ4v) is 2.21. The van der Waals surface area contributed by atoms with Crippen LogP contribution in [-0.4, -0.2) is 4.98 Å². The first-order valence-corrected chi connectivity index (χ1v) is 6.11. The van der Waals surface area contributed by atoms with Crippen LogP contribution in [0.2, 0.25) is 5.02 Å². The molecule has 94 valence electrons. The Hall–Kier alpha value is -1.74. The van der Waals surface area contributed by atoms with Gasteiger partial charge in [0.15, 0.2) is 0 Å². The van der Waals surface area contributed by atoms with Crippen LogP contribution >= 0.6 is 11.6 Å². The molecule has 0 radical (unpaired) electrons. The molecule has 0 bridgehead atoms. The van der Waals surface area contributed by atoms with Gasteiger partial charge in [0.05, 0.1) is 22.6 Å². The number of rotatable bonds is 2. The molecule has 3 N–H and O–H groups in total. The maximum absolute atomic E-state index is 6.24. The van der Waals surface area contributed by atoms with E-state index in [1.54, 1.807) is 6.20 Å². The molecule has 0 spiro atoms. The van der Waals surface area contributed by atoms with Gasteiger partial charge >= 0.3 is 0 Å². The minimum Gasteiger partial charge on any atom is -0.397 e. The second-order valence-electron chi connectivity index (χ2n) is 4.49. The number of hydrogen-bond donors (Lipinski definition) is 2. The molecule has 1 heterocycles. The van der Waals surface area contributed by atoms with Gasteiger partial charge in [-0.1, -0.05) is 17.7 Å². The molecule has 18 heavy (non-hydrogen) atoms. The number of anilines is 3. The van der Waals surface area contributed by atoms with E-state index in [9.17, 15) is 0 Å². The summed E-state index contributed by atoms with van der Waals surface area (Å²) < 4.78 is 0. The Kier molecular flexibility index (Phi) is 3.43. The number of aryl methyl sites for hydroxylation is 3. The summed E-state index contributed by atoms with van der Waals surface area (Å²) in [5.74, 6) is 0.746. The summed E-state index contributed by atoms with van der Waals surface area (Å²) in [6.45, 7) is 5.99. The largest absolute Gasteiger partial charge is 0.397 e. The van der Waals surface area contributed by atoms with E-state index in [-0.39, 0.29) is 0 Å². The molecule has 0 unspecified atom stereocenters. The zero-order chi connectivity index (χ0) is 13.3. The molecule has 0 saturated heterocycles. The van der Waals surface area contributed by atoms with Crippen LogP contribution in [0.5, 0.6) is 0 Å². The van der Waals surface area contributed by atoms with E-state index >= 15 is 0 Å². The second-order valence-corrected chi connectivity index (χ2v) is 4.90. The Morgan fingerprint density at radius 1 is 1.11 bits per heavy atom. The number of nitrogen functional groups attached to an aromatic ring is 1. The minimum atomic E-state index is 0.687. The number of pyridine rings is 1. The highest BCUT2D eigenvalue weighted by Gasteiger charge is 2.07. The van der Waals surface area contributed by atoms with E-state index in [1.807, 2.05) is 32.9 Å². The smallest absolute Gasteiger partial charge is 0.130 e. The normalized spacial score (nSPS) is 10.4. The monoisotopic (exact) mass is 261 g/mol. The summed E-state index contributed by atoms with van der Waals surface area (Å²) in [6, 6.07) is 5.92. The Balaban J connectivity index is 2.37. The van der Waals surface area contributed by atoms with Gasteiger partial charge in [-0.3, -0.25) is 0 Å². The lowest BCUT2D eigenvalue weighted by molar-refractivity contribution is 1.26. The molecule has 0 fully saturated rings. The average molecular weight is 262 g/mol. The van der Waals surface area contributed by atoms with Crippen LogP contribution in [0, 0.1) is 20.8 Å². The van der Waals surface area contributed by atoms with Crippen molar-refractivity contribution in [1.29, 1.82) is 0 Å². The maximum atomic E-state index is 6.24. The quantitative estimate of drug-likeness (QED) is 0.860. The number of nitrogens with one attached hydrogen (secondary N) is 1. The van der Waals surface area contributed by atoms with E-state index in [1.165, 1.54) is 0 Å². The second kappa shape index (κ2) is 4.86. The van der Waals surface area contributed by atoms with Crippen molar-refractivity contribution in [2.24, 2.45) is 0 Å². The molecule has 0 aliphatic rings. The van der Waals surface area contributed by atoms with Crippen molar-refractivity contribution in [1.82, 2.24) is 4.98 Å². The molecule has 0 aliphatic carbocycles. The molecular formula is C14H16ClN3. The molecule has 2 rings (SSSR count). The van der Waals surface area contributed by atoms with Crippen molar-refractivity contribution < 1.29 is 0 Å². The maximum Gasteiger partial charge on any atom is 0.130 e. The Labute approximate surface area is 112 Å². The molecule has 1 aromatic heterocycles. The summed E-state index contributed by atoms with van der Waals surface area (Å²) in [5.41, 5.74) is 10.6. The predicted octanol–water partition coefficient (Wildman–Crippen LogP) is 3.99. The topological polar surface area (TPSA) is 50.9 Å². The molecule has 0 atom stereocenters. The Morgan fingerprint density at radius 2 is 1.83 bits per heavy atom. The van der Waals surface area contributed by atoms with Crippen molar-refractivity contribution in [3.05, 3.63) is 46.1 Å². The van der Waals surface area contributed by atoms with Gasteiger partial charge in [-0.2, -0.15) is 0 Å². The highest BCUT2D eigenvalue weighted by Crippen LogP contribution is 2.30. The van der Waals surface area contributed by atoms with E-state index in [2.05, 4.69) is 16.4 Å². The molecular weight excluding hydrogens is 246 g/mol. The van der Waals surface area contributed by atoms with E-state index in [0.29, 0.717) is 10.7 Å². The fraction of sp³-hybridized carbons (Fsp3) is 0.214. The van der Waals surface area contributed by atoms with Gasteiger partial charge in [-0.15, -0.1) is 0 Å². The van der Waals surface area contributed by atoms with Gasteiger partial charge in [-0.05, 0) is 49.6 Å². The zero-order valence-corrected chi connectivity index (χ0v) is 11.5. The van der Waals surface area contributed by atoms with E-state index < -0.39 is 0 Å². The molecule has 3 nitrogen and oxygen atoms in total. The van der Waals surface area contributed by atoms with Crippen molar-refractivity contribution in [3.8, 4) is 0 Å². The summed E-state index contributed by atoms with van der Waals surface area (Å²) in [4.78, 5) is 4.24. The van der Waals surface area contributed by atoms with Crippen LogP contribution < -0.4 is 11.1 Å². The first-order valence-electron chi connectivity index (χ1n) is 5.73. The molecule has 2 aromatic rings. The van der Waals surface area contributed by atoms with Crippen molar-refractivity contribution in [2.45, 2.75) is 20.8 Å². The third kappa shape index (κ3) is 2.57. The SMILES string of the molecule is Cc1cc(C)c(Nc2cc(C)c(N)cn2)c(Cl)c1. The zero-order valence-electron chi connectivity index (χ0n) is 10.7. The lowest BCUT2D eigenvalue weighted by atomic mass is 10.1. The summed E-state index contributed by atoms with van der Waals surface area (Å²) >= 11 is 6.24. The Morgan fingerprint density at radius 3 is 2.44 bits per heavy atom.